The summed E-state index contributed by atoms with van der Waals surface area (Å²) in [6.45, 7) is 3.67. The summed E-state index contributed by atoms with van der Waals surface area (Å²) in [5, 5.41) is 6.38. The quantitative estimate of drug-likeness (QED) is 0.642. The van der Waals surface area contributed by atoms with Crippen LogP contribution in [0.3, 0.4) is 0 Å². The van der Waals surface area contributed by atoms with Crippen LogP contribution in [0.1, 0.15) is 26.2 Å². The fourth-order valence-electron chi connectivity index (χ4n) is 2.30. The van der Waals surface area contributed by atoms with Crippen LogP contribution in [0.25, 0.3) is 0 Å². The lowest BCUT2D eigenvalue weighted by molar-refractivity contribution is -0.127. The van der Waals surface area contributed by atoms with Gasteiger partial charge in [0.15, 0.2) is 0 Å². The number of piperidine rings is 1. The summed E-state index contributed by atoms with van der Waals surface area (Å²) >= 11 is 1.77. The number of benzene rings is 1. The molecule has 1 amide bonds. The Hall–Kier alpha value is -1.00. The third kappa shape index (κ3) is 4.25. The first-order valence-corrected chi connectivity index (χ1v) is 7.90. The Labute approximate surface area is 119 Å². The van der Waals surface area contributed by atoms with E-state index in [-0.39, 0.29) is 11.4 Å². The van der Waals surface area contributed by atoms with Crippen molar-refractivity contribution in [3.05, 3.63) is 30.3 Å². The number of hydrogen-bond acceptors (Lipinski definition) is 3. The van der Waals surface area contributed by atoms with Gasteiger partial charge < -0.3 is 10.6 Å². The number of nitrogens with one attached hydrogen (secondary N) is 2. The van der Waals surface area contributed by atoms with Crippen molar-refractivity contribution in [2.45, 2.75) is 36.6 Å². The fraction of sp³-hybridized carbons (Fsp3) is 0.533. The van der Waals surface area contributed by atoms with E-state index in [4.69, 9.17) is 0 Å². The zero-order chi connectivity index (χ0) is 13.6. The van der Waals surface area contributed by atoms with Crippen molar-refractivity contribution in [2.24, 2.45) is 0 Å². The summed E-state index contributed by atoms with van der Waals surface area (Å²) in [6.07, 6.45) is 3.24. The number of rotatable bonds is 5. The molecule has 1 saturated heterocycles. The van der Waals surface area contributed by atoms with Crippen LogP contribution in [0.2, 0.25) is 0 Å². The molecule has 2 rings (SSSR count). The van der Waals surface area contributed by atoms with E-state index in [1.54, 1.807) is 11.8 Å². The fourth-order valence-corrected chi connectivity index (χ4v) is 3.08. The number of hydrogen-bond donors (Lipinski definition) is 2. The Bertz CT molecular complexity index is 402. The number of carbonyl (C=O) groups is 1. The molecule has 3 nitrogen and oxygen atoms in total. The van der Waals surface area contributed by atoms with Crippen LogP contribution in [0, 0.1) is 0 Å². The van der Waals surface area contributed by atoms with Gasteiger partial charge >= 0.3 is 0 Å². The van der Waals surface area contributed by atoms with E-state index in [1.165, 1.54) is 11.3 Å². The molecular formula is C15H22N2OS. The predicted molar refractivity (Wildman–Crippen MR) is 80.4 cm³/mol. The largest absolute Gasteiger partial charge is 0.354 e. The highest BCUT2D eigenvalue weighted by molar-refractivity contribution is 7.99. The van der Waals surface area contributed by atoms with Crippen molar-refractivity contribution in [1.29, 1.82) is 0 Å². The van der Waals surface area contributed by atoms with E-state index in [1.807, 2.05) is 25.1 Å². The minimum absolute atomic E-state index is 0.140. The maximum Gasteiger partial charge on any atom is 0.240 e. The average molecular weight is 278 g/mol. The second-order valence-corrected chi connectivity index (χ2v) is 6.30. The summed E-state index contributed by atoms with van der Waals surface area (Å²) in [7, 11) is 0. The van der Waals surface area contributed by atoms with Gasteiger partial charge in [-0.25, -0.2) is 0 Å². The maximum absolute atomic E-state index is 12.1. The van der Waals surface area contributed by atoms with Crippen molar-refractivity contribution in [3.63, 3.8) is 0 Å². The molecule has 1 aliphatic rings. The molecule has 1 aromatic carbocycles. The summed E-state index contributed by atoms with van der Waals surface area (Å²) in [5.41, 5.74) is -0.365. The first-order valence-electron chi connectivity index (χ1n) is 6.92. The van der Waals surface area contributed by atoms with Gasteiger partial charge in [0.05, 0.1) is 5.54 Å². The lowest BCUT2D eigenvalue weighted by Gasteiger charge is -2.33. The van der Waals surface area contributed by atoms with Crippen LogP contribution in [0.5, 0.6) is 0 Å². The van der Waals surface area contributed by atoms with Crippen LogP contribution in [-0.4, -0.2) is 30.3 Å². The zero-order valence-electron chi connectivity index (χ0n) is 11.4. The molecule has 1 atom stereocenters. The third-order valence-electron chi connectivity index (χ3n) is 3.52. The highest BCUT2D eigenvalue weighted by Crippen LogP contribution is 2.19. The van der Waals surface area contributed by atoms with Crippen molar-refractivity contribution in [2.75, 3.05) is 18.8 Å². The smallest absolute Gasteiger partial charge is 0.240 e. The molecular weight excluding hydrogens is 256 g/mol. The van der Waals surface area contributed by atoms with Crippen molar-refractivity contribution >= 4 is 17.7 Å². The highest BCUT2D eigenvalue weighted by Gasteiger charge is 2.33. The van der Waals surface area contributed by atoms with Gasteiger partial charge in [0, 0.05) is 17.2 Å². The first kappa shape index (κ1) is 14.4. The molecule has 1 aromatic rings. The number of amides is 1. The Morgan fingerprint density at radius 1 is 1.37 bits per heavy atom. The summed E-state index contributed by atoms with van der Waals surface area (Å²) in [6, 6.07) is 10.3. The molecule has 0 bridgehead atoms. The topological polar surface area (TPSA) is 41.1 Å². The second-order valence-electron chi connectivity index (χ2n) is 5.13. The monoisotopic (exact) mass is 278 g/mol. The van der Waals surface area contributed by atoms with Crippen LogP contribution in [-0.2, 0) is 4.79 Å². The summed E-state index contributed by atoms with van der Waals surface area (Å²) in [5.74, 6) is 1.05. The zero-order valence-corrected chi connectivity index (χ0v) is 12.3. The SMILES string of the molecule is CC1(C(=O)NCCSc2ccccc2)CCCCN1. The van der Waals surface area contributed by atoms with Crippen molar-refractivity contribution < 1.29 is 4.79 Å². The molecule has 0 aromatic heterocycles. The third-order valence-corrected chi connectivity index (χ3v) is 4.53. The number of thioether (sulfide) groups is 1. The summed E-state index contributed by atoms with van der Waals surface area (Å²) in [4.78, 5) is 13.4. The highest BCUT2D eigenvalue weighted by atomic mass is 32.2. The standard InChI is InChI=1S/C15H22N2OS/c1-15(9-5-6-10-17-15)14(18)16-11-12-19-13-7-3-2-4-8-13/h2-4,7-8,17H,5-6,9-12H2,1H3,(H,16,18). The molecule has 1 unspecified atom stereocenters. The van der Waals surface area contributed by atoms with Gasteiger partial charge in [0.1, 0.15) is 0 Å². The van der Waals surface area contributed by atoms with E-state index in [2.05, 4.69) is 22.8 Å². The molecule has 4 heteroatoms. The van der Waals surface area contributed by atoms with E-state index >= 15 is 0 Å². The molecule has 1 aliphatic heterocycles. The Kier molecular flexibility index (Phi) is 5.28. The molecule has 1 fully saturated rings. The molecule has 19 heavy (non-hydrogen) atoms. The Morgan fingerprint density at radius 2 is 2.16 bits per heavy atom. The molecule has 0 spiro atoms. The van der Waals surface area contributed by atoms with Gasteiger partial charge in [-0.1, -0.05) is 18.2 Å². The van der Waals surface area contributed by atoms with Crippen molar-refractivity contribution in [1.82, 2.24) is 10.6 Å². The molecule has 1 heterocycles. The van der Waals surface area contributed by atoms with E-state index in [0.717, 1.165) is 31.7 Å². The lowest BCUT2D eigenvalue weighted by atomic mass is 9.90. The van der Waals surface area contributed by atoms with E-state index in [9.17, 15) is 4.79 Å². The van der Waals surface area contributed by atoms with Gasteiger partial charge in [-0.2, -0.15) is 0 Å². The average Bonchev–Trinajstić information content (AvgIpc) is 2.45. The minimum atomic E-state index is -0.365. The van der Waals surface area contributed by atoms with Gasteiger partial charge in [0.25, 0.3) is 0 Å². The van der Waals surface area contributed by atoms with Gasteiger partial charge in [-0.05, 0) is 44.9 Å². The molecule has 104 valence electrons. The number of carbonyl (C=O) groups excluding carboxylic acids is 1. The molecule has 0 saturated carbocycles. The van der Waals surface area contributed by atoms with Gasteiger partial charge in [-0.3, -0.25) is 4.79 Å². The van der Waals surface area contributed by atoms with E-state index < -0.39 is 0 Å². The van der Waals surface area contributed by atoms with E-state index in [0.29, 0.717) is 0 Å². The lowest BCUT2D eigenvalue weighted by Crippen LogP contribution is -2.57. The van der Waals surface area contributed by atoms with Gasteiger partial charge in [-0.15, -0.1) is 11.8 Å². The van der Waals surface area contributed by atoms with Crippen LogP contribution in [0.4, 0.5) is 0 Å². The molecule has 2 N–H and O–H groups in total. The normalized spacial score (nSPS) is 23.0. The van der Waals surface area contributed by atoms with Gasteiger partial charge in [0.2, 0.25) is 5.91 Å². The summed E-state index contributed by atoms with van der Waals surface area (Å²) < 4.78 is 0. The maximum atomic E-state index is 12.1. The van der Waals surface area contributed by atoms with Crippen LogP contribution >= 0.6 is 11.8 Å². The van der Waals surface area contributed by atoms with Crippen molar-refractivity contribution in [3.8, 4) is 0 Å². The first-order chi connectivity index (χ1) is 9.21. The second kappa shape index (κ2) is 6.96. The minimum Gasteiger partial charge on any atom is -0.354 e. The Morgan fingerprint density at radius 3 is 2.84 bits per heavy atom. The van der Waals surface area contributed by atoms with Crippen LogP contribution < -0.4 is 10.6 Å². The molecule has 0 radical (unpaired) electrons. The molecule has 0 aliphatic carbocycles. The van der Waals surface area contributed by atoms with Crippen LogP contribution in [0.15, 0.2) is 35.2 Å². The Balaban J connectivity index is 1.69. The predicted octanol–water partition coefficient (Wildman–Crippen LogP) is 2.43.